The maximum atomic E-state index is 5.71. The molecule has 0 unspecified atom stereocenters. The van der Waals surface area contributed by atoms with Crippen molar-refractivity contribution < 1.29 is 9.47 Å². The van der Waals surface area contributed by atoms with Crippen molar-refractivity contribution in [3.8, 4) is 17.6 Å². The highest BCUT2D eigenvalue weighted by molar-refractivity contribution is 5.38. The third-order valence-corrected chi connectivity index (χ3v) is 2.86. The zero-order chi connectivity index (χ0) is 15.5. The van der Waals surface area contributed by atoms with Crippen LogP contribution >= 0.6 is 0 Å². The fourth-order valence-electron chi connectivity index (χ4n) is 1.66. The number of benzene rings is 1. The third kappa shape index (κ3) is 8.36. The smallest absolute Gasteiger partial charge is 0.119 e. The second kappa shape index (κ2) is 10.2. The minimum absolute atomic E-state index is 0.288. The Morgan fingerprint density at radius 1 is 1.14 bits per heavy atom. The molecule has 0 saturated carbocycles. The van der Waals surface area contributed by atoms with Crippen molar-refractivity contribution in [1.29, 1.82) is 0 Å². The fourth-order valence-corrected chi connectivity index (χ4v) is 1.66. The normalized spacial score (nSPS) is 10.6. The minimum Gasteiger partial charge on any atom is -0.492 e. The molecule has 0 aliphatic carbocycles. The van der Waals surface area contributed by atoms with E-state index in [0.29, 0.717) is 13.2 Å². The SMILES string of the molecule is CC(C)OCCN(C)CCOc1ccc(C#CCN)cc1. The van der Waals surface area contributed by atoms with E-state index in [9.17, 15) is 0 Å². The summed E-state index contributed by atoms with van der Waals surface area (Å²) >= 11 is 0. The molecule has 0 saturated heterocycles. The second-order valence-electron chi connectivity index (χ2n) is 5.10. The van der Waals surface area contributed by atoms with Gasteiger partial charge in [-0.1, -0.05) is 11.8 Å². The van der Waals surface area contributed by atoms with Crippen LogP contribution in [0.5, 0.6) is 5.75 Å². The van der Waals surface area contributed by atoms with Crippen molar-refractivity contribution in [2.75, 3.05) is 39.9 Å². The molecule has 116 valence electrons. The fraction of sp³-hybridized carbons (Fsp3) is 0.529. The second-order valence-corrected chi connectivity index (χ2v) is 5.10. The van der Waals surface area contributed by atoms with Gasteiger partial charge in [0, 0.05) is 18.7 Å². The first kappa shape index (κ1) is 17.5. The van der Waals surface area contributed by atoms with Crippen molar-refractivity contribution in [3.63, 3.8) is 0 Å². The lowest BCUT2D eigenvalue weighted by Crippen LogP contribution is -2.28. The molecule has 0 spiro atoms. The Morgan fingerprint density at radius 2 is 1.81 bits per heavy atom. The van der Waals surface area contributed by atoms with Crippen molar-refractivity contribution in [2.45, 2.75) is 20.0 Å². The lowest BCUT2D eigenvalue weighted by molar-refractivity contribution is 0.0616. The van der Waals surface area contributed by atoms with Crippen LogP contribution in [-0.4, -0.2) is 50.9 Å². The average Bonchev–Trinajstić information content (AvgIpc) is 2.46. The zero-order valence-corrected chi connectivity index (χ0v) is 13.3. The molecular formula is C17H26N2O2. The topological polar surface area (TPSA) is 47.7 Å². The molecule has 0 bridgehead atoms. The molecule has 0 radical (unpaired) electrons. The van der Waals surface area contributed by atoms with Gasteiger partial charge < -0.3 is 20.1 Å². The lowest BCUT2D eigenvalue weighted by atomic mass is 10.2. The van der Waals surface area contributed by atoms with Gasteiger partial charge in [0.15, 0.2) is 0 Å². The lowest BCUT2D eigenvalue weighted by Gasteiger charge is -2.17. The van der Waals surface area contributed by atoms with E-state index in [1.54, 1.807) is 0 Å². The average molecular weight is 290 g/mol. The predicted octanol–water partition coefficient (Wildman–Crippen LogP) is 1.73. The molecule has 0 aliphatic rings. The molecule has 1 rings (SSSR count). The number of rotatable bonds is 8. The quantitative estimate of drug-likeness (QED) is 0.741. The number of nitrogens with two attached hydrogens (primary N) is 1. The molecule has 21 heavy (non-hydrogen) atoms. The molecule has 0 heterocycles. The van der Waals surface area contributed by atoms with E-state index < -0.39 is 0 Å². The van der Waals surface area contributed by atoms with Gasteiger partial charge in [-0.2, -0.15) is 0 Å². The molecule has 4 heteroatoms. The van der Waals surface area contributed by atoms with E-state index in [1.807, 2.05) is 38.1 Å². The molecule has 0 aromatic heterocycles. The van der Waals surface area contributed by atoms with E-state index in [1.165, 1.54) is 0 Å². The maximum Gasteiger partial charge on any atom is 0.119 e. The van der Waals surface area contributed by atoms with Crippen LogP contribution < -0.4 is 10.5 Å². The molecule has 4 nitrogen and oxygen atoms in total. The van der Waals surface area contributed by atoms with Crippen LogP contribution in [0.25, 0.3) is 0 Å². The van der Waals surface area contributed by atoms with Gasteiger partial charge in [-0.05, 0) is 45.2 Å². The third-order valence-electron chi connectivity index (χ3n) is 2.86. The van der Waals surface area contributed by atoms with Crippen LogP contribution in [0.3, 0.4) is 0 Å². The molecule has 2 N–H and O–H groups in total. The molecule has 0 aliphatic heterocycles. The van der Waals surface area contributed by atoms with Crippen molar-refractivity contribution >= 4 is 0 Å². The van der Waals surface area contributed by atoms with E-state index >= 15 is 0 Å². The van der Waals surface area contributed by atoms with Gasteiger partial charge in [-0.15, -0.1) is 0 Å². The highest BCUT2D eigenvalue weighted by Crippen LogP contribution is 2.11. The molecule has 0 fully saturated rings. The van der Waals surface area contributed by atoms with E-state index in [2.05, 4.69) is 23.8 Å². The van der Waals surface area contributed by atoms with Crippen LogP contribution in [0.2, 0.25) is 0 Å². The van der Waals surface area contributed by atoms with Crippen molar-refractivity contribution in [1.82, 2.24) is 4.90 Å². The van der Waals surface area contributed by atoms with Gasteiger partial charge in [0.05, 0.1) is 19.3 Å². The van der Waals surface area contributed by atoms with E-state index in [0.717, 1.165) is 31.0 Å². The van der Waals surface area contributed by atoms with Crippen LogP contribution in [0.4, 0.5) is 0 Å². The minimum atomic E-state index is 0.288. The number of hydrogen-bond acceptors (Lipinski definition) is 4. The summed E-state index contributed by atoms with van der Waals surface area (Å²) < 4.78 is 11.2. The Morgan fingerprint density at radius 3 is 2.43 bits per heavy atom. The summed E-state index contributed by atoms with van der Waals surface area (Å²) in [5, 5.41) is 0. The Labute approximate surface area is 128 Å². The van der Waals surface area contributed by atoms with Crippen molar-refractivity contribution in [2.24, 2.45) is 5.73 Å². The number of hydrogen-bond donors (Lipinski definition) is 1. The van der Waals surface area contributed by atoms with Gasteiger partial charge >= 0.3 is 0 Å². The zero-order valence-electron chi connectivity index (χ0n) is 13.3. The first-order valence-corrected chi connectivity index (χ1v) is 7.33. The van der Waals surface area contributed by atoms with Gasteiger partial charge in [0.1, 0.15) is 12.4 Å². The van der Waals surface area contributed by atoms with Crippen LogP contribution in [0, 0.1) is 11.8 Å². The summed E-state index contributed by atoms with van der Waals surface area (Å²) in [7, 11) is 2.07. The first-order valence-electron chi connectivity index (χ1n) is 7.33. The van der Waals surface area contributed by atoms with Crippen LogP contribution in [0.15, 0.2) is 24.3 Å². The first-order chi connectivity index (χ1) is 10.1. The molecule has 0 atom stereocenters. The maximum absolute atomic E-state index is 5.71. The van der Waals surface area contributed by atoms with Crippen LogP contribution in [0.1, 0.15) is 19.4 Å². The number of ether oxygens (including phenoxy) is 2. The van der Waals surface area contributed by atoms with Gasteiger partial charge in [-0.3, -0.25) is 0 Å². The summed E-state index contributed by atoms with van der Waals surface area (Å²) in [5.74, 6) is 6.67. The highest BCUT2D eigenvalue weighted by Gasteiger charge is 2.00. The number of likely N-dealkylation sites (N-methyl/N-ethyl adjacent to an activating group) is 1. The molecule has 1 aromatic rings. The Bertz CT molecular complexity index is 446. The van der Waals surface area contributed by atoms with Gasteiger partial charge in [0.25, 0.3) is 0 Å². The molecular weight excluding hydrogens is 264 g/mol. The van der Waals surface area contributed by atoms with Crippen molar-refractivity contribution in [3.05, 3.63) is 29.8 Å². The van der Waals surface area contributed by atoms with E-state index in [4.69, 9.17) is 15.2 Å². The summed E-state index contributed by atoms with van der Waals surface area (Å²) in [6.07, 6.45) is 0.288. The predicted molar refractivity (Wildman–Crippen MR) is 86.5 cm³/mol. The van der Waals surface area contributed by atoms with Gasteiger partial charge in [-0.25, -0.2) is 0 Å². The monoisotopic (exact) mass is 290 g/mol. The Hall–Kier alpha value is -1.54. The largest absolute Gasteiger partial charge is 0.492 e. The van der Waals surface area contributed by atoms with Crippen LogP contribution in [-0.2, 0) is 4.74 Å². The van der Waals surface area contributed by atoms with E-state index in [-0.39, 0.29) is 6.10 Å². The molecule has 1 aromatic carbocycles. The summed E-state index contributed by atoms with van der Waals surface area (Å²) in [6.45, 7) is 7.67. The molecule has 0 amide bonds. The summed E-state index contributed by atoms with van der Waals surface area (Å²) in [5.41, 5.74) is 6.29. The van der Waals surface area contributed by atoms with Gasteiger partial charge in [0.2, 0.25) is 0 Å². The number of nitrogens with zero attached hydrogens (tertiary/aromatic N) is 1. The Balaban J connectivity index is 2.22. The summed E-state index contributed by atoms with van der Waals surface area (Å²) in [6, 6.07) is 7.75. The Kier molecular flexibility index (Phi) is 8.53. The highest BCUT2D eigenvalue weighted by atomic mass is 16.5. The standard InChI is InChI=1S/C17H26N2O2/c1-15(2)20-13-11-19(3)12-14-21-17-8-6-16(7-9-17)5-4-10-18/h6-9,15H,10-14,18H2,1-3H3. The summed E-state index contributed by atoms with van der Waals surface area (Å²) in [4.78, 5) is 2.20.